The molecule has 5 heteroatoms. The van der Waals surface area contributed by atoms with E-state index in [1.807, 2.05) is 20.0 Å². The topological polar surface area (TPSA) is 49.8 Å². The fourth-order valence-electron chi connectivity index (χ4n) is 1.93. The quantitative estimate of drug-likeness (QED) is 0.897. The molecule has 0 saturated heterocycles. The number of halogens is 1. The second-order valence-electron chi connectivity index (χ2n) is 4.23. The summed E-state index contributed by atoms with van der Waals surface area (Å²) in [7, 11) is 1.86. The molecule has 2 N–H and O–H groups in total. The van der Waals surface area contributed by atoms with Crippen LogP contribution in [-0.2, 0) is 6.42 Å². The first kappa shape index (κ1) is 13.8. The number of aromatic nitrogens is 2. The van der Waals surface area contributed by atoms with Crippen LogP contribution >= 0.6 is 15.9 Å². The highest BCUT2D eigenvalue weighted by molar-refractivity contribution is 9.10. The molecule has 0 unspecified atom stereocenters. The molecule has 1 heterocycles. The smallest absolute Gasteiger partial charge is 0.138 e. The Bertz CT molecular complexity index is 584. The van der Waals surface area contributed by atoms with Crippen LogP contribution in [-0.4, -0.2) is 17.0 Å². The largest absolute Gasteiger partial charge is 0.373 e. The van der Waals surface area contributed by atoms with Crippen LogP contribution in [0.5, 0.6) is 0 Å². The zero-order chi connectivity index (χ0) is 13.8. The molecular formula is C14H17BrN4. The van der Waals surface area contributed by atoms with Gasteiger partial charge in [-0.2, -0.15) is 0 Å². The Morgan fingerprint density at radius 3 is 2.63 bits per heavy atom. The van der Waals surface area contributed by atoms with Gasteiger partial charge >= 0.3 is 0 Å². The van der Waals surface area contributed by atoms with Crippen molar-refractivity contribution in [2.45, 2.75) is 20.3 Å². The van der Waals surface area contributed by atoms with Gasteiger partial charge in [0, 0.05) is 22.8 Å². The van der Waals surface area contributed by atoms with Gasteiger partial charge in [0.05, 0.1) is 0 Å². The monoisotopic (exact) mass is 320 g/mol. The molecule has 0 bridgehead atoms. The summed E-state index contributed by atoms with van der Waals surface area (Å²) < 4.78 is 1.09. The molecule has 0 fully saturated rings. The molecule has 1 aromatic heterocycles. The fraction of sp³-hybridized carbons (Fsp3) is 0.286. The molecule has 1 aromatic carbocycles. The van der Waals surface area contributed by atoms with Gasteiger partial charge in [0.25, 0.3) is 0 Å². The number of nitrogens with zero attached hydrogens (tertiary/aromatic N) is 2. The number of aryl methyl sites for hydroxylation is 1. The highest BCUT2D eigenvalue weighted by Gasteiger charge is 2.08. The molecule has 100 valence electrons. The van der Waals surface area contributed by atoms with Gasteiger partial charge in [-0.3, -0.25) is 0 Å². The van der Waals surface area contributed by atoms with Gasteiger partial charge in [-0.25, -0.2) is 9.97 Å². The maximum absolute atomic E-state index is 4.31. The number of rotatable bonds is 4. The Kier molecular flexibility index (Phi) is 4.37. The van der Waals surface area contributed by atoms with Crippen molar-refractivity contribution in [3.63, 3.8) is 0 Å². The standard InChI is InChI=1S/C14H17BrN4/c1-4-10-7-11(15)5-6-12(10)19-14-9(2)13(16-3)17-8-18-14/h5-8H,4H2,1-3H3,(H2,16,17,18,19). The van der Waals surface area contributed by atoms with E-state index in [2.05, 4.69) is 55.6 Å². The molecule has 0 aliphatic rings. The predicted molar refractivity (Wildman–Crippen MR) is 83.1 cm³/mol. The summed E-state index contributed by atoms with van der Waals surface area (Å²) in [6.45, 7) is 4.14. The van der Waals surface area contributed by atoms with E-state index in [4.69, 9.17) is 0 Å². The van der Waals surface area contributed by atoms with Crippen molar-refractivity contribution in [2.24, 2.45) is 0 Å². The van der Waals surface area contributed by atoms with E-state index in [1.54, 1.807) is 6.33 Å². The Labute approximate surface area is 121 Å². The Morgan fingerprint density at radius 1 is 1.21 bits per heavy atom. The van der Waals surface area contributed by atoms with Crippen LogP contribution < -0.4 is 10.6 Å². The van der Waals surface area contributed by atoms with E-state index in [0.29, 0.717) is 0 Å². The molecule has 0 aliphatic carbocycles. The minimum absolute atomic E-state index is 0.830. The highest BCUT2D eigenvalue weighted by Crippen LogP contribution is 2.27. The number of nitrogens with one attached hydrogen (secondary N) is 2. The van der Waals surface area contributed by atoms with Crippen LogP contribution in [0.4, 0.5) is 17.3 Å². The van der Waals surface area contributed by atoms with Gasteiger partial charge < -0.3 is 10.6 Å². The van der Waals surface area contributed by atoms with Crippen LogP contribution in [0.15, 0.2) is 29.0 Å². The lowest BCUT2D eigenvalue weighted by atomic mass is 10.1. The van der Waals surface area contributed by atoms with Crippen molar-refractivity contribution in [1.82, 2.24) is 9.97 Å². The van der Waals surface area contributed by atoms with Gasteiger partial charge in [-0.05, 0) is 37.1 Å². The molecule has 0 saturated carbocycles. The summed E-state index contributed by atoms with van der Waals surface area (Å²) in [5, 5.41) is 6.44. The molecule has 19 heavy (non-hydrogen) atoms. The van der Waals surface area contributed by atoms with Crippen LogP contribution in [0.2, 0.25) is 0 Å². The molecule has 0 spiro atoms. The van der Waals surface area contributed by atoms with Crippen LogP contribution in [0.3, 0.4) is 0 Å². The molecule has 2 aromatic rings. The zero-order valence-electron chi connectivity index (χ0n) is 11.3. The van der Waals surface area contributed by atoms with Gasteiger partial charge in [0.2, 0.25) is 0 Å². The van der Waals surface area contributed by atoms with E-state index in [1.165, 1.54) is 5.56 Å². The number of benzene rings is 1. The van der Waals surface area contributed by atoms with Gasteiger partial charge in [0.1, 0.15) is 18.0 Å². The third-order valence-corrected chi connectivity index (χ3v) is 3.52. The third kappa shape index (κ3) is 3.04. The van der Waals surface area contributed by atoms with Gasteiger partial charge in [-0.15, -0.1) is 0 Å². The molecule has 4 nitrogen and oxygen atoms in total. The van der Waals surface area contributed by atoms with Crippen molar-refractivity contribution in [2.75, 3.05) is 17.7 Å². The summed E-state index contributed by atoms with van der Waals surface area (Å²) >= 11 is 3.50. The average molecular weight is 321 g/mol. The predicted octanol–water partition coefficient (Wildman–Crippen LogP) is 3.90. The first-order valence-electron chi connectivity index (χ1n) is 6.20. The van der Waals surface area contributed by atoms with Crippen molar-refractivity contribution in [3.05, 3.63) is 40.1 Å². The van der Waals surface area contributed by atoms with Crippen molar-refractivity contribution in [3.8, 4) is 0 Å². The average Bonchev–Trinajstić information content (AvgIpc) is 2.42. The molecule has 0 radical (unpaired) electrons. The first-order chi connectivity index (χ1) is 9.15. The zero-order valence-corrected chi connectivity index (χ0v) is 12.9. The maximum Gasteiger partial charge on any atom is 0.138 e. The van der Waals surface area contributed by atoms with Crippen LogP contribution in [0.1, 0.15) is 18.1 Å². The van der Waals surface area contributed by atoms with Gasteiger partial charge in [0.15, 0.2) is 0 Å². The van der Waals surface area contributed by atoms with E-state index in [0.717, 1.165) is 33.8 Å². The van der Waals surface area contributed by atoms with E-state index in [9.17, 15) is 0 Å². The van der Waals surface area contributed by atoms with Gasteiger partial charge in [-0.1, -0.05) is 22.9 Å². The first-order valence-corrected chi connectivity index (χ1v) is 6.99. The van der Waals surface area contributed by atoms with E-state index < -0.39 is 0 Å². The summed E-state index contributed by atoms with van der Waals surface area (Å²) in [4.78, 5) is 8.49. The van der Waals surface area contributed by atoms with Crippen LogP contribution in [0.25, 0.3) is 0 Å². The van der Waals surface area contributed by atoms with Crippen molar-refractivity contribution >= 4 is 33.3 Å². The van der Waals surface area contributed by atoms with E-state index in [-0.39, 0.29) is 0 Å². The maximum atomic E-state index is 4.31. The van der Waals surface area contributed by atoms with E-state index >= 15 is 0 Å². The lowest BCUT2D eigenvalue weighted by Crippen LogP contribution is -2.03. The molecular weight excluding hydrogens is 304 g/mol. The molecule has 0 atom stereocenters. The second kappa shape index (κ2) is 6.02. The minimum atomic E-state index is 0.830. The summed E-state index contributed by atoms with van der Waals surface area (Å²) in [5.41, 5.74) is 3.34. The number of anilines is 3. The lowest BCUT2D eigenvalue weighted by Gasteiger charge is -2.14. The second-order valence-corrected chi connectivity index (χ2v) is 5.14. The van der Waals surface area contributed by atoms with Crippen molar-refractivity contribution in [1.29, 1.82) is 0 Å². The summed E-state index contributed by atoms with van der Waals surface area (Å²) in [6, 6.07) is 6.21. The number of hydrogen-bond donors (Lipinski definition) is 2. The Balaban J connectivity index is 2.36. The molecule has 2 rings (SSSR count). The Hall–Kier alpha value is -1.62. The minimum Gasteiger partial charge on any atom is -0.373 e. The SMILES string of the molecule is CCc1cc(Br)ccc1Nc1ncnc(NC)c1C. The Morgan fingerprint density at radius 2 is 1.95 bits per heavy atom. The summed E-state index contributed by atoms with van der Waals surface area (Å²) in [6.07, 6.45) is 2.52. The summed E-state index contributed by atoms with van der Waals surface area (Å²) in [5.74, 6) is 1.67. The number of hydrogen-bond acceptors (Lipinski definition) is 4. The molecule has 0 aliphatic heterocycles. The fourth-order valence-corrected chi connectivity index (χ4v) is 2.34. The highest BCUT2D eigenvalue weighted by atomic mass is 79.9. The van der Waals surface area contributed by atoms with Crippen molar-refractivity contribution < 1.29 is 0 Å². The lowest BCUT2D eigenvalue weighted by molar-refractivity contribution is 1.11. The molecule has 0 amide bonds. The third-order valence-electron chi connectivity index (χ3n) is 3.02. The van der Waals surface area contributed by atoms with Crippen LogP contribution in [0, 0.1) is 6.92 Å². The normalized spacial score (nSPS) is 10.3.